The molecule has 1 unspecified atom stereocenters. The largest absolute Gasteiger partial charge is 0.377 e. The van der Waals surface area contributed by atoms with Crippen molar-refractivity contribution in [1.82, 2.24) is 0 Å². The van der Waals surface area contributed by atoms with Crippen LogP contribution in [0.1, 0.15) is 31.9 Å². The van der Waals surface area contributed by atoms with Crippen molar-refractivity contribution >= 4 is 39.2 Å². The molecule has 0 saturated heterocycles. The molecule has 0 fully saturated rings. The first-order chi connectivity index (χ1) is 10.6. The Morgan fingerprint density at radius 1 is 0.826 bits per heavy atom. The van der Waals surface area contributed by atoms with E-state index in [0.717, 1.165) is 11.1 Å². The summed E-state index contributed by atoms with van der Waals surface area (Å²) < 4.78 is 6.45. The van der Waals surface area contributed by atoms with Gasteiger partial charge in [0.2, 0.25) is 0 Å². The summed E-state index contributed by atoms with van der Waals surface area (Å²) in [6.07, 6.45) is 0.526. The minimum Gasteiger partial charge on any atom is -0.364 e. The van der Waals surface area contributed by atoms with Gasteiger partial charge in [0.15, 0.2) is 0 Å². The third kappa shape index (κ3) is 4.74. The average molecular weight is 388 g/mol. The Morgan fingerprint density at radius 3 is 1.74 bits per heavy atom. The highest BCUT2D eigenvalue weighted by Gasteiger charge is 2.56. The first-order valence-corrected chi connectivity index (χ1v) is 12.5. The van der Waals surface area contributed by atoms with Gasteiger partial charge in [0.05, 0.1) is 5.60 Å². The van der Waals surface area contributed by atoms with Crippen molar-refractivity contribution in [1.29, 1.82) is 0 Å². The fourth-order valence-corrected chi connectivity index (χ4v) is 5.88. The topological polar surface area (TPSA) is 9.23 Å². The SMILES string of the molecule is CC(C)(C)OC(Cc1ccccc1)(c1ccccc1)[Si](Cl)(Cl)Cl. The van der Waals surface area contributed by atoms with Crippen molar-refractivity contribution in [3.63, 3.8) is 0 Å². The second kappa shape index (κ2) is 7.16. The normalized spacial score (nSPS) is 15.2. The molecule has 1 atom stereocenters. The molecule has 0 aromatic heterocycles. The monoisotopic (exact) mass is 386 g/mol. The maximum absolute atomic E-state index is 6.59. The van der Waals surface area contributed by atoms with Gasteiger partial charge in [-0.3, -0.25) is 0 Å². The maximum Gasteiger partial charge on any atom is 0.377 e. The van der Waals surface area contributed by atoms with Crippen LogP contribution in [0.5, 0.6) is 0 Å². The number of halogens is 3. The van der Waals surface area contributed by atoms with Gasteiger partial charge in [0.25, 0.3) is 0 Å². The van der Waals surface area contributed by atoms with Crippen LogP contribution in [-0.2, 0) is 16.4 Å². The smallest absolute Gasteiger partial charge is 0.364 e. The van der Waals surface area contributed by atoms with Crippen molar-refractivity contribution in [2.45, 2.75) is 38.0 Å². The zero-order chi connectivity index (χ0) is 17.1. The predicted molar refractivity (Wildman–Crippen MR) is 102 cm³/mol. The Morgan fingerprint density at radius 2 is 1.30 bits per heavy atom. The van der Waals surface area contributed by atoms with E-state index >= 15 is 0 Å². The molecule has 5 heteroatoms. The van der Waals surface area contributed by atoms with Gasteiger partial charge in [-0.05, 0) is 31.9 Å². The number of hydrogen-bond donors (Lipinski definition) is 0. The molecule has 2 aromatic carbocycles. The van der Waals surface area contributed by atoms with Gasteiger partial charge >= 0.3 is 6.00 Å². The third-order valence-electron chi connectivity index (χ3n) is 3.47. The highest BCUT2D eigenvalue weighted by molar-refractivity contribution is 7.65. The Labute approximate surface area is 153 Å². The average Bonchev–Trinajstić information content (AvgIpc) is 2.46. The van der Waals surface area contributed by atoms with Gasteiger partial charge in [0, 0.05) is 6.42 Å². The van der Waals surface area contributed by atoms with Crippen LogP contribution in [0.25, 0.3) is 0 Å². The van der Waals surface area contributed by atoms with E-state index in [-0.39, 0.29) is 0 Å². The lowest BCUT2D eigenvalue weighted by molar-refractivity contribution is -0.0918. The molecule has 0 aliphatic carbocycles. The zero-order valence-electron chi connectivity index (χ0n) is 13.5. The van der Waals surface area contributed by atoms with Gasteiger partial charge in [-0.15, -0.1) is 33.2 Å². The molecule has 0 amide bonds. The Bertz CT molecular complexity index is 620. The summed E-state index contributed by atoms with van der Waals surface area (Å²) in [6.45, 7) is 5.96. The quantitative estimate of drug-likeness (QED) is 0.442. The third-order valence-corrected chi connectivity index (χ3v) is 7.71. The summed E-state index contributed by atoms with van der Waals surface area (Å²) in [5.74, 6) is 0. The molecule has 0 N–H and O–H groups in total. The van der Waals surface area contributed by atoms with E-state index < -0.39 is 16.8 Å². The van der Waals surface area contributed by atoms with E-state index in [9.17, 15) is 0 Å². The van der Waals surface area contributed by atoms with Crippen LogP contribution in [0.3, 0.4) is 0 Å². The number of hydrogen-bond acceptors (Lipinski definition) is 1. The van der Waals surface area contributed by atoms with Gasteiger partial charge < -0.3 is 4.74 Å². The molecule has 0 spiro atoms. The minimum absolute atomic E-state index is 0.443. The van der Waals surface area contributed by atoms with E-state index in [4.69, 9.17) is 38.0 Å². The van der Waals surface area contributed by atoms with E-state index in [1.807, 2.05) is 81.4 Å². The summed E-state index contributed by atoms with van der Waals surface area (Å²) in [6, 6.07) is 16.6. The highest BCUT2D eigenvalue weighted by Crippen LogP contribution is 2.47. The zero-order valence-corrected chi connectivity index (χ0v) is 16.8. The molecule has 0 aliphatic heterocycles. The predicted octanol–water partition coefficient (Wildman–Crippen LogP) is 6.13. The first-order valence-electron chi connectivity index (χ1n) is 7.50. The lowest BCUT2D eigenvalue weighted by Crippen LogP contribution is -2.52. The molecule has 0 radical (unpaired) electrons. The molecule has 1 nitrogen and oxygen atoms in total. The second-order valence-corrected chi connectivity index (χ2v) is 15.2. The van der Waals surface area contributed by atoms with Crippen LogP contribution >= 0.6 is 33.2 Å². The number of rotatable bonds is 5. The van der Waals surface area contributed by atoms with Crippen molar-refractivity contribution in [3.8, 4) is 0 Å². The van der Waals surface area contributed by atoms with Crippen LogP contribution in [0, 0.1) is 0 Å². The lowest BCUT2D eigenvalue weighted by atomic mass is 9.99. The van der Waals surface area contributed by atoms with Crippen LogP contribution in [0.2, 0.25) is 0 Å². The van der Waals surface area contributed by atoms with Gasteiger partial charge in [-0.25, -0.2) is 0 Å². The number of benzene rings is 2. The van der Waals surface area contributed by atoms with E-state index in [0.29, 0.717) is 6.42 Å². The van der Waals surface area contributed by atoms with E-state index in [1.165, 1.54) is 0 Å². The standard InChI is InChI=1S/C18H21Cl3OSi/c1-17(2,3)22-18(23(19,20)21,16-12-8-5-9-13-16)14-15-10-6-4-7-11-15/h4-13H,14H2,1-3H3. The molecular weight excluding hydrogens is 367 g/mol. The van der Waals surface area contributed by atoms with Gasteiger partial charge in [-0.1, -0.05) is 60.7 Å². The minimum atomic E-state index is -3.28. The molecule has 0 saturated carbocycles. The first kappa shape index (κ1) is 18.8. The van der Waals surface area contributed by atoms with Gasteiger partial charge in [0.1, 0.15) is 5.22 Å². The van der Waals surface area contributed by atoms with Crippen LogP contribution in [0.4, 0.5) is 0 Å². The van der Waals surface area contributed by atoms with Crippen molar-refractivity contribution in [3.05, 3.63) is 71.8 Å². The van der Waals surface area contributed by atoms with E-state index in [1.54, 1.807) is 0 Å². The maximum atomic E-state index is 6.59. The Hall–Kier alpha value is -0.513. The summed E-state index contributed by atoms with van der Waals surface area (Å²) in [7, 11) is 0. The highest BCUT2D eigenvalue weighted by atomic mass is 35.8. The van der Waals surface area contributed by atoms with Crippen LogP contribution in [-0.4, -0.2) is 11.6 Å². The fourth-order valence-electron chi connectivity index (χ4n) is 2.63. The summed E-state index contributed by atoms with van der Waals surface area (Å²) >= 11 is 19.8. The Kier molecular flexibility index (Phi) is 5.86. The fraction of sp³-hybridized carbons (Fsp3) is 0.333. The summed E-state index contributed by atoms with van der Waals surface area (Å²) in [4.78, 5) is 0. The van der Waals surface area contributed by atoms with Gasteiger partial charge in [-0.2, -0.15) is 0 Å². The van der Waals surface area contributed by atoms with Crippen LogP contribution in [0.15, 0.2) is 60.7 Å². The molecule has 23 heavy (non-hydrogen) atoms. The molecule has 2 aromatic rings. The number of ether oxygens (including phenoxy) is 1. The molecule has 0 bridgehead atoms. The molecule has 0 aliphatic rings. The molecule has 124 valence electrons. The molecule has 0 heterocycles. The lowest BCUT2D eigenvalue weighted by Gasteiger charge is -2.43. The van der Waals surface area contributed by atoms with Crippen LogP contribution < -0.4 is 0 Å². The van der Waals surface area contributed by atoms with Crippen molar-refractivity contribution in [2.75, 3.05) is 0 Å². The second-order valence-electron chi connectivity index (χ2n) is 6.57. The van der Waals surface area contributed by atoms with Crippen molar-refractivity contribution < 1.29 is 4.74 Å². The molecular formula is C18H21Cl3OSi. The summed E-state index contributed by atoms with van der Waals surface area (Å²) in [5.41, 5.74) is 1.55. The Balaban J connectivity index is 2.59. The van der Waals surface area contributed by atoms with Crippen molar-refractivity contribution in [2.24, 2.45) is 0 Å². The summed E-state index contributed by atoms with van der Waals surface area (Å²) in [5, 5.41) is -0.946. The van der Waals surface area contributed by atoms with E-state index in [2.05, 4.69) is 0 Å². The molecule has 2 rings (SSSR count).